The minimum atomic E-state index is 0.310. The van der Waals surface area contributed by atoms with E-state index in [1.807, 2.05) is 35.0 Å². The van der Waals surface area contributed by atoms with Crippen LogP contribution in [0, 0.1) is 0 Å². The fourth-order valence-corrected chi connectivity index (χ4v) is 3.04. The van der Waals surface area contributed by atoms with Crippen LogP contribution in [0.2, 0.25) is 0 Å². The standard InChI is InChI=1S/C18H20N4O/c1-21-12-16(11-19-21)14-4-2-5-15(10-14)18-7-8-22(20-18)13-17-6-3-9-23-17/h2,4-5,7-8,10-12,17H,3,6,9,13H2,1H3. The molecule has 0 amide bonds. The fourth-order valence-electron chi connectivity index (χ4n) is 3.04. The molecule has 2 aromatic heterocycles. The molecule has 0 radical (unpaired) electrons. The molecule has 0 N–H and O–H groups in total. The summed E-state index contributed by atoms with van der Waals surface area (Å²) in [6.07, 6.45) is 8.54. The van der Waals surface area contributed by atoms with Gasteiger partial charge in [-0.3, -0.25) is 9.36 Å². The average Bonchev–Trinajstić information content (AvgIpc) is 3.30. The van der Waals surface area contributed by atoms with Gasteiger partial charge in [0.15, 0.2) is 0 Å². The van der Waals surface area contributed by atoms with Gasteiger partial charge in [-0.25, -0.2) is 0 Å². The summed E-state index contributed by atoms with van der Waals surface area (Å²) in [6.45, 7) is 1.72. The van der Waals surface area contributed by atoms with Crippen LogP contribution in [0.3, 0.4) is 0 Å². The van der Waals surface area contributed by atoms with Crippen molar-refractivity contribution in [3.63, 3.8) is 0 Å². The van der Waals surface area contributed by atoms with Gasteiger partial charge < -0.3 is 4.74 Å². The van der Waals surface area contributed by atoms with Crippen LogP contribution < -0.4 is 0 Å². The van der Waals surface area contributed by atoms with Gasteiger partial charge in [-0.15, -0.1) is 0 Å². The van der Waals surface area contributed by atoms with Crippen molar-refractivity contribution in [1.29, 1.82) is 0 Å². The van der Waals surface area contributed by atoms with Crippen LogP contribution in [0.1, 0.15) is 12.8 Å². The molecule has 5 heteroatoms. The molecule has 1 aliphatic rings. The van der Waals surface area contributed by atoms with Gasteiger partial charge in [-0.1, -0.05) is 18.2 Å². The summed E-state index contributed by atoms with van der Waals surface area (Å²) >= 11 is 0. The van der Waals surface area contributed by atoms with E-state index in [0.29, 0.717) is 6.10 Å². The smallest absolute Gasteiger partial charge is 0.0923 e. The summed E-state index contributed by atoms with van der Waals surface area (Å²) in [5.41, 5.74) is 4.39. The van der Waals surface area contributed by atoms with Gasteiger partial charge in [0, 0.05) is 37.2 Å². The van der Waals surface area contributed by atoms with E-state index < -0.39 is 0 Å². The quantitative estimate of drug-likeness (QED) is 0.744. The van der Waals surface area contributed by atoms with Crippen LogP contribution in [0.25, 0.3) is 22.4 Å². The Morgan fingerprint density at radius 2 is 2.13 bits per heavy atom. The molecule has 1 unspecified atom stereocenters. The van der Waals surface area contributed by atoms with Crippen molar-refractivity contribution in [2.24, 2.45) is 7.05 Å². The van der Waals surface area contributed by atoms with E-state index in [0.717, 1.165) is 48.4 Å². The average molecular weight is 308 g/mol. The minimum Gasteiger partial charge on any atom is -0.376 e. The third kappa shape index (κ3) is 3.05. The molecule has 3 aromatic rings. The Balaban J connectivity index is 1.57. The summed E-state index contributed by atoms with van der Waals surface area (Å²) in [5.74, 6) is 0. The Kier molecular flexibility index (Phi) is 3.71. The zero-order valence-electron chi connectivity index (χ0n) is 13.2. The van der Waals surface area contributed by atoms with Gasteiger partial charge in [-0.05, 0) is 30.5 Å². The fraction of sp³-hybridized carbons (Fsp3) is 0.333. The maximum Gasteiger partial charge on any atom is 0.0923 e. The summed E-state index contributed by atoms with van der Waals surface area (Å²) in [5, 5.41) is 8.94. The lowest BCUT2D eigenvalue weighted by Crippen LogP contribution is -2.15. The first-order chi connectivity index (χ1) is 11.3. The number of ether oxygens (including phenoxy) is 1. The molecule has 3 heterocycles. The summed E-state index contributed by atoms with van der Waals surface area (Å²) in [7, 11) is 1.93. The van der Waals surface area contributed by atoms with Crippen LogP contribution >= 0.6 is 0 Å². The number of hydrogen-bond acceptors (Lipinski definition) is 3. The molecule has 0 aliphatic carbocycles. The van der Waals surface area contributed by atoms with Gasteiger partial charge >= 0.3 is 0 Å². The highest BCUT2D eigenvalue weighted by atomic mass is 16.5. The summed E-state index contributed by atoms with van der Waals surface area (Å²) in [6, 6.07) is 10.5. The number of nitrogens with zero attached hydrogens (tertiary/aromatic N) is 4. The molecule has 5 nitrogen and oxygen atoms in total. The minimum absolute atomic E-state index is 0.310. The van der Waals surface area contributed by atoms with E-state index in [2.05, 4.69) is 35.4 Å². The lowest BCUT2D eigenvalue weighted by atomic mass is 10.0. The van der Waals surface area contributed by atoms with Crippen molar-refractivity contribution < 1.29 is 4.74 Å². The maximum absolute atomic E-state index is 5.68. The predicted octanol–water partition coefficient (Wildman–Crippen LogP) is 3.13. The van der Waals surface area contributed by atoms with E-state index in [1.165, 1.54) is 0 Å². The third-order valence-electron chi connectivity index (χ3n) is 4.25. The van der Waals surface area contributed by atoms with Crippen molar-refractivity contribution in [2.75, 3.05) is 6.61 Å². The van der Waals surface area contributed by atoms with Crippen LogP contribution in [-0.4, -0.2) is 32.3 Å². The number of aryl methyl sites for hydroxylation is 1. The van der Waals surface area contributed by atoms with Gasteiger partial charge in [0.2, 0.25) is 0 Å². The van der Waals surface area contributed by atoms with E-state index in [4.69, 9.17) is 9.84 Å². The third-order valence-corrected chi connectivity index (χ3v) is 4.25. The van der Waals surface area contributed by atoms with E-state index in [-0.39, 0.29) is 0 Å². The Morgan fingerprint density at radius 3 is 2.91 bits per heavy atom. The Morgan fingerprint density at radius 1 is 1.22 bits per heavy atom. The number of hydrogen-bond donors (Lipinski definition) is 0. The highest BCUT2D eigenvalue weighted by molar-refractivity contribution is 5.70. The SMILES string of the molecule is Cn1cc(-c2cccc(-c3ccn(CC4CCCO4)n3)c2)cn1. The van der Waals surface area contributed by atoms with Crippen molar-refractivity contribution in [1.82, 2.24) is 19.6 Å². The largest absolute Gasteiger partial charge is 0.376 e. The van der Waals surface area contributed by atoms with E-state index in [1.54, 1.807) is 0 Å². The molecule has 0 spiro atoms. The van der Waals surface area contributed by atoms with Gasteiger partial charge in [0.1, 0.15) is 0 Å². The molecule has 23 heavy (non-hydrogen) atoms. The molecule has 0 bridgehead atoms. The first-order valence-electron chi connectivity index (χ1n) is 8.02. The van der Waals surface area contributed by atoms with E-state index >= 15 is 0 Å². The van der Waals surface area contributed by atoms with Crippen LogP contribution in [0.5, 0.6) is 0 Å². The van der Waals surface area contributed by atoms with Crippen molar-refractivity contribution in [3.05, 3.63) is 48.9 Å². The Labute approximate surface area is 135 Å². The number of benzene rings is 1. The van der Waals surface area contributed by atoms with Gasteiger partial charge in [0.25, 0.3) is 0 Å². The van der Waals surface area contributed by atoms with Gasteiger partial charge in [-0.2, -0.15) is 10.2 Å². The zero-order valence-corrected chi connectivity index (χ0v) is 13.2. The molecule has 118 valence electrons. The second-order valence-electron chi connectivity index (χ2n) is 6.04. The van der Waals surface area contributed by atoms with Gasteiger partial charge in [0.05, 0.1) is 24.5 Å². The number of rotatable bonds is 4. The van der Waals surface area contributed by atoms with Crippen molar-refractivity contribution >= 4 is 0 Å². The first-order valence-corrected chi connectivity index (χ1v) is 8.02. The molecule has 0 saturated carbocycles. The predicted molar refractivity (Wildman–Crippen MR) is 88.8 cm³/mol. The topological polar surface area (TPSA) is 44.9 Å². The summed E-state index contributed by atoms with van der Waals surface area (Å²) < 4.78 is 9.49. The molecular formula is C18H20N4O. The molecular weight excluding hydrogens is 288 g/mol. The normalized spacial score (nSPS) is 17.7. The Bertz CT molecular complexity index is 799. The van der Waals surface area contributed by atoms with Crippen molar-refractivity contribution in [2.45, 2.75) is 25.5 Å². The lowest BCUT2D eigenvalue weighted by Gasteiger charge is -2.08. The molecule has 1 saturated heterocycles. The zero-order chi connectivity index (χ0) is 15.6. The second kappa shape index (κ2) is 6.01. The molecule has 1 aromatic carbocycles. The van der Waals surface area contributed by atoms with E-state index in [9.17, 15) is 0 Å². The molecule has 1 aliphatic heterocycles. The van der Waals surface area contributed by atoms with Crippen LogP contribution in [0.4, 0.5) is 0 Å². The molecule has 1 atom stereocenters. The monoisotopic (exact) mass is 308 g/mol. The number of aromatic nitrogens is 4. The molecule has 1 fully saturated rings. The molecule has 4 rings (SSSR count). The van der Waals surface area contributed by atoms with Crippen LogP contribution in [-0.2, 0) is 18.3 Å². The Hall–Kier alpha value is -2.40. The van der Waals surface area contributed by atoms with Crippen LogP contribution in [0.15, 0.2) is 48.9 Å². The lowest BCUT2D eigenvalue weighted by molar-refractivity contribution is 0.0940. The second-order valence-corrected chi connectivity index (χ2v) is 6.04. The highest BCUT2D eigenvalue weighted by Crippen LogP contribution is 2.25. The highest BCUT2D eigenvalue weighted by Gasteiger charge is 2.16. The first kappa shape index (κ1) is 14.2. The van der Waals surface area contributed by atoms with Crippen molar-refractivity contribution in [3.8, 4) is 22.4 Å². The summed E-state index contributed by atoms with van der Waals surface area (Å²) in [4.78, 5) is 0. The maximum atomic E-state index is 5.68.